The number of ether oxygens (including phenoxy) is 1. The third-order valence-corrected chi connectivity index (χ3v) is 4.30. The Labute approximate surface area is 176 Å². The minimum absolute atomic E-state index is 0.168. The average molecular weight is 430 g/mol. The SMILES string of the molecule is CC(=O)Nc1ccc(-c2nnn(C)c2NC(=O)O[C@H](CF)c2cccc(F)c2)nc1C. The summed E-state index contributed by atoms with van der Waals surface area (Å²) >= 11 is 0. The summed E-state index contributed by atoms with van der Waals surface area (Å²) in [5.41, 5.74) is 1.90. The Kier molecular flexibility index (Phi) is 6.53. The van der Waals surface area contributed by atoms with Crippen LogP contribution in [-0.4, -0.2) is 38.7 Å². The summed E-state index contributed by atoms with van der Waals surface area (Å²) < 4.78 is 33.2. The Morgan fingerprint density at radius 2 is 2.00 bits per heavy atom. The van der Waals surface area contributed by atoms with Gasteiger partial charge in [0, 0.05) is 14.0 Å². The minimum atomic E-state index is -1.28. The van der Waals surface area contributed by atoms with E-state index >= 15 is 0 Å². The number of nitrogens with one attached hydrogen (secondary N) is 2. The van der Waals surface area contributed by atoms with Gasteiger partial charge in [0.1, 0.15) is 12.5 Å². The Balaban J connectivity index is 1.80. The molecule has 11 heteroatoms. The molecule has 3 aromatic rings. The molecule has 2 aromatic heterocycles. The highest BCUT2D eigenvalue weighted by Crippen LogP contribution is 2.27. The zero-order valence-corrected chi connectivity index (χ0v) is 17.0. The van der Waals surface area contributed by atoms with Crippen molar-refractivity contribution >= 4 is 23.5 Å². The molecule has 0 saturated carbocycles. The van der Waals surface area contributed by atoms with Gasteiger partial charge in [-0.1, -0.05) is 17.3 Å². The fraction of sp³-hybridized carbons (Fsp3) is 0.250. The molecule has 0 saturated heterocycles. The van der Waals surface area contributed by atoms with Crippen LogP contribution in [0.1, 0.15) is 24.3 Å². The summed E-state index contributed by atoms with van der Waals surface area (Å²) in [7, 11) is 1.55. The first-order chi connectivity index (χ1) is 14.8. The van der Waals surface area contributed by atoms with E-state index in [1.54, 1.807) is 26.1 Å². The van der Waals surface area contributed by atoms with Crippen LogP contribution in [0, 0.1) is 12.7 Å². The molecule has 0 radical (unpaired) electrons. The molecule has 1 aromatic carbocycles. The molecule has 0 unspecified atom stereocenters. The Morgan fingerprint density at radius 3 is 2.65 bits per heavy atom. The second kappa shape index (κ2) is 9.28. The van der Waals surface area contributed by atoms with E-state index < -0.39 is 24.7 Å². The van der Waals surface area contributed by atoms with E-state index in [0.717, 1.165) is 6.07 Å². The molecule has 0 spiro atoms. The summed E-state index contributed by atoms with van der Waals surface area (Å²) in [5.74, 6) is -0.633. The molecule has 2 heterocycles. The number of aryl methyl sites for hydroxylation is 2. The standard InChI is InChI=1S/C20H20F2N6O3/c1-11-15(24-12(2)29)7-8-16(23-11)18-19(28(3)27-26-18)25-20(30)31-17(10-21)13-5-4-6-14(22)9-13/h4-9,17H,10H2,1-3H3,(H,24,29)(H,25,30)/t17-/m1/s1. The topological polar surface area (TPSA) is 111 Å². The number of alkyl halides is 1. The van der Waals surface area contributed by atoms with Crippen LogP contribution in [0.3, 0.4) is 0 Å². The van der Waals surface area contributed by atoms with Gasteiger partial charge >= 0.3 is 6.09 Å². The van der Waals surface area contributed by atoms with Crippen LogP contribution in [0.4, 0.5) is 25.1 Å². The van der Waals surface area contributed by atoms with E-state index in [-0.39, 0.29) is 23.0 Å². The van der Waals surface area contributed by atoms with E-state index in [0.29, 0.717) is 17.1 Å². The van der Waals surface area contributed by atoms with Crippen LogP contribution in [0.2, 0.25) is 0 Å². The lowest BCUT2D eigenvalue weighted by molar-refractivity contribution is -0.114. The molecule has 0 bridgehead atoms. The molecule has 1 atom stereocenters. The fourth-order valence-electron chi connectivity index (χ4n) is 2.84. The maximum Gasteiger partial charge on any atom is 0.413 e. The van der Waals surface area contributed by atoms with Gasteiger partial charge in [0.2, 0.25) is 5.91 Å². The molecule has 0 fully saturated rings. The highest BCUT2D eigenvalue weighted by atomic mass is 19.1. The first-order valence-corrected chi connectivity index (χ1v) is 9.22. The predicted octanol–water partition coefficient (Wildman–Crippen LogP) is 3.54. The van der Waals surface area contributed by atoms with Crippen molar-refractivity contribution in [1.82, 2.24) is 20.0 Å². The van der Waals surface area contributed by atoms with Crippen LogP contribution < -0.4 is 10.6 Å². The molecule has 9 nitrogen and oxygen atoms in total. The highest BCUT2D eigenvalue weighted by molar-refractivity contribution is 5.90. The number of benzene rings is 1. The third kappa shape index (κ3) is 5.18. The highest BCUT2D eigenvalue weighted by Gasteiger charge is 2.22. The number of pyridine rings is 1. The van der Waals surface area contributed by atoms with E-state index in [9.17, 15) is 18.4 Å². The van der Waals surface area contributed by atoms with Gasteiger partial charge in [0.05, 0.1) is 17.1 Å². The summed E-state index contributed by atoms with van der Waals surface area (Å²) in [5, 5.41) is 13.0. The van der Waals surface area contributed by atoms with Crippen molar-refractivity contribution in [3.05, 3.63) is 53.5 Å². The summed E-state index contributed by atoms with van der Waals surface area (Å²) in [4.78, 5) is 28.0. The van der Waals surface area contributed by atoms with Crippen molar-refractivity contribution in [2.75, 3.05) is 17.3 Å². The van der Waals surface area contributed by atoms with Crippen molar-refractivity contribution < 1.29 is 23.1 Å². The number of amides is 2. The fourth-order valence-corrected chi connectivity index (χ4v) is 2.84. The normalized spacial score (nSPS) is 11.6. The van der Waals surface area contributed by atoms with Gasteiger partial charge in [-0.3, -0.25) is 10.1 Å². The maximum atomic E-state index is 13.4. The smallest absolute Gasteiger partial charge is 0.413 e. The Hall–Kier alpha value is -3.89. The summed E-state index contributed by atoms with van der Waals surface area (Å²) in [6.07, 6.45) is -2.25. The van der Waals surface area contributed by atoms with E-state index in [2.05, 4.69) is 25.9 Å². The van der Waals surface area contributed by atoms with Gasteiger partial charge in [0.25, 0.3) is 0 Å². The lowest BCUT2D eigenvalue weighted by Crippen LogP contribution is -2.20. The molecule has 2 N–H and O–H groups in total. The minimum Gasteiger partial charge on any atom is -0.438 e. The van der Waals surface area contributed by atoms with Crippen LogP contribution in [0.5, 0.6) is 0 Å². The van der Waals surface area contributed by atoms with Crippen LogP contribution >= 0.6 is 0 Å². The molecular weight excluding hydrogens is 410 g/mol. The zero-order valence-electron chi connectivity index (χ0n) is 17.0. The van der Waals surface area contributed by atoms with Crippen molar-refractivity contribution in [2.24, 2.45) is 7.05 Å². The van der Waals surface area contributed by atoms with E-state index in [1.165, 1.54) is 29.8 Å². The number of anilines is 2. The number of hydrogen-bond acceptors (Lipinski definition) is 6. The largest absolute Gasteiger partial charge is 0.438 e. The zero-order chi connectivity index (χ0) is 22.5. The molecule has 2 amide bonds. The average Bonchev–Trinajstić information content (AvgIpc) is 3.07. The third-order valence-electron chi connectivity index (χ3n) is 4.30. The number of hydrogen-bond donors (Lipinski definition) is 2. The quantitative estimate of drug-likeness (QED) is 0.619. The summed E-state index contributed by atoms with van der Waals surface area (Å²) in [6.45, 7) is 2.06. The van der Waals surface area contributed by atoms with Crippen LogP contribution in [0.15, 0.2) is 36.4 Å². The van der Waals surface area contributed by atoms with Gasteiger partial charge in [-0.2, -0.15) is 0 Å². The van der Waals surface area contributed by atoms with Gasteiger partial charge in [-0.05, 0) is 36.8 Å². The number of halogens is 2. The molecule has 0 aliphatic rings. The summed E-state index contributed by atoms with van der Waals surface area (Å²) in [6, 6.07) is 8.42. The van der Waals surface area contributed by atoms with Crippen LogP contribution in [-0.2, 0) is 16.6 Å². The molecule has 31 heavy (non-hydrogen) atoms. The molecule has 162 valence electrons. The van der Waals surface area contributed by atoms with Gasteiger partial charge in [-0.25, -0.2) is 23.2 Å². The predicted molar refractivity (Wildman–Crippen MR) is 108 cm³/mol. The van der Waals surface area contributed by atoms with Crippen molar-refractivity contribution in [1.29, 1.82) is 0 Å². The number of nitrogens with zero attached hydrogens (tertiary/aromatic N) is 4. The van der Waals surface area contributed by atoms with Crippen LogP contribution in [0.25, 0.3) is 11.4 Å². The van der Waals surface area contributed by atoms with E-state index in [4.69, 9.17) is 4.74 Å². The molecule has 0 aliphatic heterocycles. The lowest BCUT2D eigenvalue weighted by Gasteiger charge is -2.16. The number of aromatic nitrogens is 4. The first-order valence-electron chi connectivity index (χ1n) is 9.22. The van der Waals surface area contributed by atoms with Crippen molar-refractivity contribution in [2.45, 2.75) is 20.0 Å². The number of carbonyl (C=O) groups is 2. The Bertz CT molecular complexity index is 1120. The second-order valence-electron chi connectivity index (χ2n) is 6.65. The molecular formula is C20H20F2N6O3. The van der Waals surface area contributed by atoms with Gasteiger partial charge < -0.3 is 10.1 Å². The van der Waals surface area contributed by atoms with Crippen molar-refractivity contribution in [3.8, 4) is 11.4 Å². The maximum absolute atomic E-state index is 13.4. The molecule has 3 rings (SSSR count). The van der Waals surface area contributed by atoms with E-state index in [1.807, 2.05) is 0 Å². The van der Waals surface area contributed by atoms with Gasteiger partial charge in [-0.15, -0.1) is 5.10 Å². The first kappa shape index (κ1) is 21.8. The Morgan fingerprint density at radius 1 is 1.23 bits per heavy atom. The van der Waals surface area contributed by atoms with Gasteiger partial charge in [0.15, 0.2) is 17.6 Å². The second-order valence-corrected chi connectivity index (χ2v) is 6.65. The molecule has 0 aliphatic carbocycles. The lowest BCUT2D eigenvalue weighted by atomic mass is 10.1. The number of carbonyl (C=O) groups excluding carboxylic acids is 2. The monoisotopic (exact) mass is 430 g/mol. The number of rotatable bonds is 6. The van der Waals surface area contributed by atoms with Crippen molar-refractivity contribution in [3.63, 3.8) is 0 Å².